The fourth-order valence-electron chi connectivity index (χ4n) is 2.53. The van der Waals surface area contributed by atoms with E-state index >= 15 is 0 Å². The lowest BCUT2D eigenvalue weighted by atomic mass is 10.1. The Kier molecular flexibility index (Phi) is 4.97. The van der Waals surface area contributed by atoms with Crippen molar-refractivity contribution in [3.05, 3.63) is 22.9 Å². The van der Waals surface area contributed by atoms with Crippen molar-refractivity contribution in [2.24, 2.45) is 5.73 Å². The zero-order valence-electron chi connectivity index (χ0n) is 10.8. The molecule has 2 rings (SSSR count). The van der Waals surface area contributed by atoms with Gasteiger partial charge in [-0.2, -0.15) is 0 Å². The number of aromatic nitrogens is 1. The van der Waals surface area contributed by atoms with E-state index in [4.69, 9.17) is 5.73 Å². The summed E-state index contributed by atoms with van der Waals surface area (Å²) >= 11 is 3.57. The first kappa shape index (κ1) is 13.8. The molecule has 0 saturated carbocycles. The summed E-state index contributed by atoms with van der Waals surface area (Å²) in [5.74, 6) is 0. The summed E-state index contributed by atoms with van der Waals surface area (Å²) in [5.41, 5.74) is 7.05. The van der Waals surface area contributed by atoms with Crippen LogP contribution in [0, 0.1) is 0 Å². The van der Waals surface area contributed by atoms with Gasteiger partial charge in [0.05, 0.1) is 10.2 Å². The highest BCUT2D eigenvalue weighted by atomic mass is 79.9. The quantitative estimate of drug-likeness (QED) is 0.919. The van der Waals surface area contributed by atoms with Gasteiger partial charge in [0.1, 0.15) is 0 Å². The largest absolute Gasteiger partial charge is 0.368 e. The van der Waals surface area contributed by atoms with Crippen LogP contribution < -0.4 is 10.6 Å². The second kappa shape index (κ2) is 6.50. The van der Waals surface area contributed by atoms with Crippen LogP contribution in [0.4, 0.5) is 5.69 Å². The molecule has 0 spiro atoms. The van der Waals surface area contributed by atoms with Crippen LogP contribution in [0.5, 0.6) is 0 Å². The summed E-state index contributed by atoms with van der Waals surface area (Å²) in [7, 11) is 0. The molecule has 1 saturated heterocycles. The van der Waals surface area contributed by atoms with Crippen LogP contribution in [0.1, 0.15) is 13.3 Å². The van der Waals surface area contributed by atoms with Gasteiger partial charge in [0.25, 0.3) is 0 Å². The second-order valence-corrected chi connectivity index (χ2v) is 5.50. The first-order valence-corrected chi connectivity index (χ1v) is 7.34. The van der Waals surface area contributed by atoms with Gasteiger partial charge in [-0.15, -0.1) is 0 Å². The van der Waals surface area contributed by atoms with Crippen LogP contribution in [0.2, 0.25) is 0 Å². The molecule has 1 atom stereocenters. The lowest BCUT2D eigenvalue weighted by Crippen LogP contribution is -2.52. The molecule has 0 bridgehead atoms. The maximum Gasteiger partial charge on any atom is 0.0592 e. The van der Waals surface area contributed by atoms with Crippen LogP contribution in [-0.4, -0.2) is 48.6 Å². The molecule has 18 heavy (non-hydrogen) atoms. The molecule has 1 aromatic rings. The molecule has 1 fully saturated rings. The summed E-state index contributed by atoms with van der Waals surface area (Å²) in [6, 6.07) is 2.60. The molecule has 5 heteroatoms. The SMILES string of the molecule is CCC(CN)N1CCN(c2ccncc2Br)CC1. The molecule has 0 aliphatic carbocycles. The summed E-state index contributed by atoms with van der Waals surface area (Å²) in [5, 5.41) is 0. The molecule has 1 aromatic heterocycles. The van der Waals surface area contributed by atoms with Gasteiger partial charge in [0.2, 0.25) is 0 Å². The van der Waals surface area contributed by atoms with E-state index < -0.39 is 0 Å². The zero-order chi connectivity index (χ0) is 13.0. The molecule has 0 radical (unpaired) electrons. The zero-order valence-corrected chi connectivity index (χ0v) is 12.4. The third-order valence-corrected chi connectivity index (χ3v) is 4.28. The second-order valence-electron chi connectivity index (χ2n) is 4.65. The minimum atomic E-state index is 0.535. The van der Waals surface area contributed by atoms with Gasteiger partial charge in [0.15, 0.2) is 0 Å². The Hall–Kier alpha value is -0.650. The number of piperazine rings is 1. The van der Waals surface area contributed by atoms with Crippen LogP contribution in [-0.2, 0) is 0 Å². The molecule has 1 unspecified atom stereocenters. The van der Waals surface area contributed by atoms with E-state index in [0.717, 1.165) is 43.6 Å². The Morgan fingerprint density at radius 3 is 2.67 bits per heavy atom. The smallest absolute Gasteiger partial charge is 0.0592 e. The third-order valence-electron chi connectivity index (χ3n) is 3.67. The molecule has 0 amide bonds. The number of halogens is 1. The minimum absolute atomic E-state index is 0.535. The van der Waals surface area contributed by atoms with Crippen molar-refractivity contribution in [2.45, 2.75) is 19.4 Å². The minimum Gasteiger partial charge on any atom is -0.368 e. The maximum absolute atomic E-state index is 5.81. The van der Waals surface area contributed by atoms with E-state index in [-0.39, 0.29) is 0 Å². The summed E-state index contributed by atoms with van der Waals surface area (Å²) in [6.07, 6.45) is 4.84. The van der Waals surface area contributed by atoms with E-state index in [1.54, 1.807) is 0 Å². The van der Waals surface area contributed by atoms with Crippen molar-refractivity contribution >= 4 is 21.6 Å². The predicted molar refractivity (Wildman–Crippen MR) is 78.9 cm³/mol. The van der Waals surface area contributed by atoms with Gasteiger partial charge in [-0.1, -0.05) is 6.92 Å². The van der Waals surface area contributed by atoms with Gasteiger partial charge in [-0.3, -0.25) is 9.88 Å². The highest BCUT2D eigenvalue weighted by Gasteiger charge is 2.22. The Balaban J connectivity index is 1.96. The van der Waals surface area contributed by atoms with Crippen molar-refractivity contribution in [3.8, 4) is 0 Å². The molecule has 0 aromatic carbocycles. The van der Waals surface area contributed by atoms with Crippen molar-refractivity contribution in [2.75, 3.05) is 37.6 Å². The number of hydrogen-bond acceptors (Lipinski definition) is 4. The molecule has 4 nitrogen and oxygen atoms in total. The lowest BCUT2D eigenvalue weighted by Gasteiger charge is -2.39. The first-order chi connectivity index (χ1) is 8.76. The monoisotopic (exact) mass is 312 g/mol. The fourth-order valence-corrected chi connectivity index (χ4v) is 3.03. The number of nitrogens with two attached hydrogens (primary N) is 1. The fraction of sp³-hybridized carbons (Fsp3) is 0.615. The van der Waals surface area contributed by atoms with Gasteiger partial charge >= 0.3 is 0 Å². The lowest BCUT2D eigenvalue weighted by molar-refractivity contribution is 0.184. The maximum atomic E-state index is 5.81. The first-order valence-electron chi connectivity index (χ1n) is 6.54. The van der Waals surface area contributed by atoms with E-state index in [0.29, 0.717) is 6.04 Å². The highest BCUT2D eigenvalue weighted by Crippen LogP contribution is 2.25. The van der Waals surface area contributed by atoms with Crippen molar-refractivity contribution in [1.29, 1.82) is 0 Å². The number of pyridine rings is 1. The molecular formula is C13H21BrN4. The molecule has 1 aliphatic rings. The van der Waals surface area contributed by atoms with Crippen molar-refractivity contribution in [3.63, 3.8) is 0 Å². The molecular weight excluding hydrogens is 292 g/mol. The van der Waals surface area contributed by atoms with Crippen LogP contribution >= 0.6 is 15.9 Å². The van der Waals surface area contributed by atoms with Crippen molar-refractivity contribution in [1.82, 2.24) is 9.88 Å². The number of rotatable bonds is 4. The molecule has 2 N–H and O–H groups in total. The Morgan fingerprint density at radius 2 is 2.11 bits per heavy atom. The van der Waals surface area contributed by atoms with Gasteiger partial charge in [-0.05, 0) is 28.4 Å². The topological polar surface area (TPSA) is 45.4 Å². The molecule has 1 aliphatic heterocycles. The van der Waals surface area contributed by atoms with Gasteiger partial charge in [0, 0.05) is 51.2 Å². The average Bonchev–Trinajstić information content (AvgIpc) is 2.42. The average molecular weight is 313 g/mol. The van der Waals surface area contributed by atoms with E-state index in [9.17, 15) is 0 Å². The van der Waals surface area contributed by atoms with E-state index in [2.05, 4.69) is 43.7 Å². The third kappa shape index (κ3) is 3.02. The van der Waals surface area contributed by atoms with E-state index in [1.807, 2.05) is 12.4 Å². The number of nitrogens with zero attached hydrogens (tertiary/aromatic N) is 3. The van der Waals surface area contributed by atoms with Gasteiger partial charge in [-0.25, -0.2) is 0 Å². The number of anilines is 1. The standard InChI is InChI=1S/C13H21BrN4/c1-2-11(9-15)17-5-7-18(8-6-17)13-3-4-16-10-12(13)14/h3-4,10-11H,2,5-9,15H2,1H3. The number of hydrogen-bond donors (Lipinski definition) is 1. The van der Waals surface area contributed by atoms with Crippen molar-refractivity contribution < 1.29 is 0 Å². The van der Waals surface area contributed by atoms with Crippen LogP contribution in [0.15, 0.2) is 22.9 Å². The van der Waals surface area contributed by atoms with E-state index in [1.165, 1.54) is 5.69 Å². The Morgan fingerprint density at radius 1 is 1.39 bits per heavy atom. The predicted octanol–water partition coefficient (Wildman–Crippen LogP) is 1.70. The summed E-state index contributed by atoms with van der Waals surface area (Å²) in [6.45, 7) is 7.26. The van der Waals surface area contributed by atoms with Gasteiger partial charge < -0.3 is 10.6 Å². The van der Waals surface area contributed by atoms with Crippen LogP contribution in [0.25, 0.3) is 0 Å². The summed E-state index contributed by atoms with van der Waals surface area (Å²) in [4.78, 5) is 9.02. The summed E-state index contributed by atoms with van der Waals surface area (Å²) < 4.78 is 1.07. The molecule has 100 valence electrons. The normalized spacial score (nSPS) is 18.9. The Bertz CT molecular complexity index is 373. The van der Waals surface area contributed by atoms with Crippen LogP contribution in [0.3, 0.4) is 0 Å². The molecule has 2 heterocycles. The Labute approximate surface area is 117 Å². The highest BCUT2D eigenvalue weighted by molar-refractivity contribution is 9.10.